The van der Waals surface area contributed by atoms with Crippen LogP contribution in [0.2, 0.25) is 0 Å². The maximum Gasteiger partial charge on any atom is 0.223 e. The Hall–Kier alpha value is -0.570. The number of nitrogens with two attached hydrogens (primary N) is 1. The van der Waals surface area contributed by atoms with E-state index in [1.165, 1.54) is 0 Å². The summed E-state index contributed by atoms with van der Waals surface area (Å²) in [7, 11) is 0. The largest absolute Gasteiger partial charge is 0.353 e. The van der Waals surface area contributed by atoms with Gasteiger partial charge in [-0.05, 0) is 25.7 Å². The van der Waals surface area contributed by atoms with Gasteiger partial charge in [0.15, 0.2) is 0 Å². The Morgan fingerprint density at radius 1 is 1.47 bits per heavy atom. The van der Waals surface area contributed by atoms with Gasteiger partial charge in [-0.2, -0.15) is 0 Å². The Labute approximate surface area is 92.8 Å². The first-order valence-corrected chi connectivity index (χ1v) is 6.23. The minimum Gasteiger partial charge on any atom is -0.353 e. The lowest BCUT2D eigenvalue weighted by Crippen LogP contribution is -2.51. The van der Waals surface area contributed by atoms with Crippen molar-refractivity contribution in [2.24, 2.45) is 11.7 Å². The van der Waals surface area contributed by atoms with Crippen LogP contribution >= 0.6 is 0 Å². The molecule has 1 aliphatic rings. The van der Waals surface area contributed by atoms with Gasteiger partial charge in [0, 0.05) is 18.0 Å². The van der Waals surface area contributed by atoms with Crippen LogP contribution in [-0.4, -0.2) is 18.0 Å². The first-order valence-electron chi connectivity index (χ1n) is 6.23. The Morgan fingerprint density at radius 3 is 2.60 bits per heavy atom. The van der Waals surface area contributed by atoms with Crippen molar-refractivity contribution in [1.82, 2.24) is 5.32 Å². The van der Waals surface area contributed by atoms with Crippen molar-refractivity contribution in [3.63, 3.8) is 0 Å². The number of unbranched alkanes of at least 4 members (excludes halogenated alkanes) is 1. The van der Waals surface area contributed by atoms with E-state index < -0.39 is 0 Å². The van der Waals surface area contributed by atoms with E-state index in [0.717, 1.165) is 38.5 Å². The quantitative estimate of drug-likeness (QED) is 0.705. The molecule has 0 aromatic carbocycles. The second-order valence-corrected chi connectivity index (χ2v) is 4.68. The summed E-state index contributed by atoms with van der Waals surface area (Å²) in [5.74, 6) is 0.449. The topological polar surface area (TPSA) is 55.1 Å². The lowest BCUT2D eigenvalue weighted by molar-refractivity contribution is -0.126. The third kappa shape index (κ3) is 3.82. The van der Waals surface area contributed by atoms with Crippen molar-refractivity contribution in [1.29, 1.82) is 0 Å². The van der Waals surface area contributed by atoms with Crippen molar-refractivity contribution in [2.75, 3.05) is 0 Å². The Bertz CT molecular complexity index is 200. The van der Waals surface area contributed by atoms with Gasteiger partial charge in [-0.1, -0.05) is 26.7 Å². The molecule has 3 N–H and O–H groups in total. The molecule has 1 fully saturated rings. The molecule has 3 heteroatoms. The lowest BCUT2D eigenvalue weighted by Gasteiger charge is -2.34. The molecule has 1 atom stereocenters. The molecule has 0 spiro atoms. The number of hydrogen-bond donors (Lipinski definition) is 2. The van der Waals surface area contributed by atoms with Crippen LogP contribution in [0.1, 0.15) is 52.4 Å². The highest BCUT2D eigenvalue weighted by molar-refractivity contribution is 5.79. The molecule has 0 saturated heterocycles. The van der Waals surface area contributed by atoms with Crippen LogP contribution in [-0.2, 0) is 4.79 Å². The maximum absolute atomic E-state index is 11.8. The highest BCUT2D eigenvalue weighted by Gasteiger charge is 2.28. The summed E-state index contributed by atoms with van der Waals surface area (Å²) >= 11 is 0. The molecule has 0 aliphatic heterocycles. The molecule has 0 bridgehead atoms. The van der Waals surface area contributed by atoms with E-state index in [1.54, 1.807) is 0 Å². The maximum atomic E-state index is 11.8. The predicted molar refractivity (Wildman–Crippen MR) is 62.4 cm³/mol. The molecule has 88 valence electrons. The summed E-state index contributed by atoms with van der Waals surface area (Å²) in [6.07, 6.45) is 6.20. The summed E-state index contributed by atoms with van der Waals surface area (Å²) in [4.78, 5) is 11.8. The molecule has 0 radical (unpaired) electrons. The van der Waals surface area contributed by atoms with Crippen LogP contribution in [0.4, 0.5) is 0 Å². The number of rotatable bonds is 6. The van der Waals surface area contributed by atoms with E-state index >= 15 is 0 Å². The molecular weight excluding hydrogens is 188 g/mol. The third-order valence-corrected chi connectivity index (χ3v) is 3.29. The van der Waals surface area contributed by atoms with Gasteiger partial charge in [0.1, 0.15) is 0 Å². The van der Waals surface area contributed by atoms with Gasteiger partial charge in [-0.25, -0.2) is 0 Å². The zero-order valence-corrected chi connectivity index (χ0v) is 9.96. The first kappa shape index (κ1) is 12.5. The van der Waals surface area contributed by atoms with E-state index in [2.05, 4.69) is 19.2 Å². The predicted octanol–water partition coefficient (Wildman–Crippen LogP) is 1.81. The SMILES string of the molecule is CCCCC(CC)C(=O)NC1CC(N)C1. The fourth-order valence-electron chi connectivity index (χ4n) is 2.07. The number of hydrogen-bond acceptors (Lipinski definition) is 2. The zero-order valence-electron chi connectivity index (χ0n) is 9.96. The number of nitrogens with one attached hydrogen (secondary N) is 1. The van der Waals surface area contributed by atoms with Crippen molar-refractivity contribution in [3.05, 3.63) is 0 Å². The fraction of sp³-hybridized carbons (Fsp3) is 0.917. The van der Waals surface area contributed by atoms with Crippen molar-refractivity contribution >= 4 is 5.91 Å². The van der Waals surface area contributed by atoms with Gasteiger partial charge >= 0.3 is 0 Å². The van der Waals surface area contributed by atoms with Gasteiger partial charge in [0.05, 0.1) is 0 Å². The van der Waals surface area contributed by atoms with Gasteiger partial charge in [0.25, 0.3) is 0 Å². The molecular formula is C12H24N2O. The van der Waals surface area contributed by atoms with Crippen LogP contribution in [0.5, 0.6) is 0 Å². The highest BCUT2D eigenvalue weighted by atomic mass is 16.1. The molecule has 0 aromatic heterocycles. The lowest BCUT2D eigenvalue weighted by atomic mass is 9.87. The fourth-order valence-corrected chi connectivity index (χ4v) is 2.07. The average Bonchev–Trinajstić information content (AvgIpc) is 2.16. The van der Waals surface area contributed by atoms with Gasteiger partial charge < -0.3 is 11.1 Å². The van der Waals surface area contributed by atoms with Crippen molar-refractivity contribution in [2.45, 2.75) is 64.5 Å². The number of carbonyl (C=O) groups is 1. The standard InChI is InChI=1S/C12H24N2O/c1-3-5-6-9(4-2)12(15)14-11-7-10(13)8-11/h9-11H,3-8,13H2,1-2H3,(H,14,15). The molecule has 1 saturated carbocycles. The monoisotopic (exact) mass is 212 g/mol. The van der Waals surface area contributed by atoms with Gasteiger partial charge in [0.2, 0.25) is 5.91 Å². The van der Waals surface area contributed by atoms with Crippen LogP contribution in [0.3, 0.4) is 0 Å². The van der Waals surface area contributed by atoms with E-state index in [9.17, 15) is 4.79 Å². The Kier molecular flexibility index (Phi) is 5.09. The van der Waals surface area contributed by atoms with Gasteiger partial charge in [-0.15, -0.1) is 0 Å². The highest BCUT2D eigenvalue weighted by Crippen LogP contribution is 2.19. The van der Waals surface area contributed by atoms with E-state index in [0.29, 0.717) is 12.1 Å². The van der Waals surface area contributed by atoms with Crippen molar-refractivity contribution < 1.29 is 4.79 Å². The van der Waals surface area contributed by atoms with Crippen LogP contribution in [0.15, 0.2) is 0 Å². The molecule has 3 nitrogen and oxygen atoms in total. The number of amides is 1. The van der Waals surface area contributed by atoms with Crippen molar-refractivity contribution in [3.8, 4) is 0 Å². The normalized spacial score (nSPS) is 26.9. The van der Waals surface area contributed by atoms with Crippen LogP contribution < -0.4 is 11.1 Å². The summed E-state index contributed by atoms with van der Waals surface area (Å²) in [5, 5.41) is 3.09. The summed E-state index contributed by atoms with van der Waals surface area (Å²) < 4.78 is 0. The van der Waals surface area contributed by atoms with Gasteiger partial charge in [-0.3, -0.25) is 4.79 Å². The molecule has 1 amide bonds. The zero-order chi connectivity index (χ0) is 11.3. The third-order valence-electron chi connectivity index (χ3n) is 3.29. The smallest absolute Gasteiger partial charge is 0.223 e. The average molecular weight is 212 g/mol. The summed E-state index contributed by atoms with van der Waals surface area (Å²) in [6.45, 7) is 4.25. The Morgan fingerprint density at radius 2 is 2.13 bits per heavy atom. The molecule has 1 rings (SSSR count). The van der Waals surface area contributed by atoms with Crippen LogP contribution in [0.25, 0.3) is 0 Å². The summed E-state index contributed by atoms with van der Waals surface area (Å²) in [5.41, 5.74) is 5.68. The molecule has 0 heterocycles. The molecule has 0 aromatic rings. The molecule has 15 heavy (non-hydrogen) atoms. The first-order chi connectivity index (χ1) is 7.17. The second kappa shape index (κ2) is 6.11. The second-order valence-electron chi connectivity index (χ2n) is 4.68. The van der Waals surface area contributed by atoms with E-state index in [1.807, 2.05) is 0 Å². The van der Waals surface area contributed by atoms with E-state index in [4.69, 9.17) is 5.73 Å². The minimum absolute atomic E-state index is 0.210. The molecule has 1 unspecified atom stereocenters. The minimum atomic E-state index is 0.210. The van der Waals surface area contributed by atoms with E-state index in [-0.39, 0.29) is 11.8 Å². The summed E-state index contributed by atoms with van der Waals surface area (Å²) in [6, 6.07) is 0.661. The number of carbonyl (C=O) groups excluding carboxylic acids is 1. The Balaban J connectivity index is 2.23. The van der Waals surface area contributed by atoms with Crippen LogP contribution in [0, 0.1) is 5.92 Å². The molecule has 1 aliphatic carbocycles.